The number of primary amides is 1. The summed E-state index contributed by atoms with van der Waals surface area (Å²) in [5, 5.41) is 0. The molecule has 2 aromatic rings. The highest BCUT2D eigenvalue weighted by molar-refractivity contribution is 5.65. The molecule has 28 heavy (non-hydrogen) atoms. The second kappa shape index (κ2) is 7.13. The van der Waals surface area contributed by atoms with Crippen LogP contribution in [0.2, 0.25) is 0 Å². The van der Waals surface area contributed by atoms with E-state index in [1.165, 1.54) is 30.9 Å². The van der Waals surface area contributed by atoms with Crippen molar-refractivity contribution in [2.45, 2.75) is 44.1 Å². The second-order valence-electron chi connectivity index (χ2n) is 7.45. The van der Waals surface area contributed by atoms with Crippen molar-refractivity contribution in [1.29, 1.82) is 0 Å². The molecule has 4 nitrogen and oxygen atoms in total. The molecule has 1 atom stereocenters. The van der Waals surface area contributed by atoms with Crippen LogP contribution < -0.4 is 5.73 Å². The summed E-state index contributed by atoms with van der Waals surface area (Å²) in [6.07, 6.45) is -5.51. The molecule has 1 unspecified atom stereocenters. The lowest BCUT2D eigenvalue weighted by Gasteiger charge is -2.54. The number of hydrogen-bond acceptors (Lipinski definition) is 3. The highest BCUT2D eigenvalue weighted by atomic mass is 19.4. The average molecular weight is 392 g/mol. The summed E-state index contributed by atoms with van der Waals surface area (Å²) in [6, 6.07) is 15.0. The number of amides is 1. The fraction of sp³-hybridized carbons (Fsp3) is 0.381. The van der Waals surface area contributed by atoms with Crippen LogP contribution in [0.4, 0.5) is 18.0 Å². The molecule has 1 aliphatic heterocycles. The van der Waals surface area contributed by atoms with E-state index in [1.807, 2.05) is 24.3 Å². The molecule has 1 aliphatic rings. The minimum Gasteiger partial charge on any atom is -0.441 e. The smallest absolute Gasteiger partial charge is 0.414 e. The van der Waals surface area contributed by atoms with Gasteiger partial charge in [-0.25, -0.2) is 4.79 Å². The summed E-state index contributed by atoms with van der Waals surface area (Å²) in [7, 11) is 0. The number of rotatable bonds is 4. The predicted molar refractivity (Wildman–Crippen MR) is 99.5 cm³/mol. The van der Waals surface area contributed by atoms with Gasteiger partial charge in [0.15, 0.2) is 5.54 Å². The molecule has 3 rings (SSSR count). The molecule has 7 heteroatoms. The van der Waals surface area contributed by atoms with Crippen LogP contribution in [0.1, 0.15) is 30.5 Å². The number of nitrogens with zero attached hydrogens (tertiary/aromatic N) is 1. The van der Waals surface area contributed by atoms with Crippen LogP contribution in [0.25, 0.3) is 0 Å². The average Bonchev–Trinajstić information content (AvgIpc) is 2.60. The summed E-state index contributed by atoms with van der Waals surface area (Å²) in [5.74, 6) is 0. The van der Waals surface area contributed by atoms with Gasteiger partial charge in [0, 0.05) is 13.1 Å². The zero-order valence-electron chi connectivity index (χ0n) is 15.8. The zero-order chi connectivity index (χ0) is 20.6. The van der Waals surface area contributed by atoms with Gasteiger partial charge in [0.1, 0.15) is 5.60 Å². The number of carbonyl (C=O) groups is 1. The molecule has 1 amide bonds. The summed E-state index contributed by atoms with van der Waals surface area (Å²) in [4.78, 5) is 12.9. The number of ether oxygens (including phenoxy) is 1. The van der Waals surface area contributed by atoms with Crippen molar-refractivity contribution in [3.05, 3.63) is 71.3 Å². The van der Waals surface area contributed by atoms with Crippen molar-refractivity contribution >= 4 is 6.09 Å². The van der Waals surface area contributed by atoms with Gasteiger partial charge in [0.2, 0.25) is 0 Å². The summed E-state index contributed by atoms with van der Waals surface area (Å²) in [6.45, 7) is 2.77. The topological polar surface area (TPSA) is 55.6 Å². The highest BCUT2D eigenvalue weighted by Crippen LogP contribution is 2.53. The third-order valence-electron chi connectivity index (χ3n) is 5.43. The number of halogens is 3. The van der Waals surface area contributed by atoms with Crippen molar-refractivity contribution in [3.8, 4) is 0 Å². The van der Waals surface area contributed by atoms with E-state index < -0.39 is 23.4 Å². The van der Waals surface area contributed by atoms with E-state index in [-0.39, 0.29) is 18.7 Å². The molecule has 0 aliphatic carbocycles. The molecule has 0 saturated carbocycles. The van der Waals surface area contributed by atoms with Crippen LogP contribution in [0.3, 0.4) is 0 Å². The lowest BCUT2D eigenvalue weighted by molar-refractivity contribution is -0.291. The van der Waals surface area contributed by atoms with Crippen LogP contribution in [0.5, 0.6) is 0 Å². The summed E-state index contributed by atoms with van der Waals surface area (Å²) >= 11 is 0. The van der Waals surface area contributed by atoms with Crippen LogP contribution in [0.15, 0.2) is 54.6 Å². The number of benzene rings is 2. The quantitative estimate of drug-likeness (QED) is 0.840. The Labute approximate surface area is 162 Å². The molecule has 0 fully saturated rings. The Morgan fingerprint density at radius 2 is 1.57 bits per heavy atom. The standard InChI is InChI=1S/C21H23F3N2O2/c1-19(2,28-18(25)27)20(21(22,23)24,17-10-4-3-5-11-17)26-13-12-15-8-6-7-9-16(15)14-26/h3-11H,12-14H2,1-2H3,(H2,25,27). The van der Waals surface area contributed by atoms with Gasteiger partial charge in [-0.2, -0.15) is 13.2 Å². The predicted octanol–water partition coefficient (Wildman–Crippen LogP) is 4.38. The fourth-order valence-corrected chi connectivity index (χ4v) is 4.38. The molecule has 150 valence electrons. The number of alkyl halides is 3. The largest absolute Gasteiger partial charge is 0.441 e. The summed E-state index contributed by atoms with van der Waals surface area (Å²) in [5.41, 5.74) is 2.48. The minimum absolute atomic E-state index is 0.00753. The molecule has 0 radical (unpaired) electrons. The van der Waals surface area contributed by atoms with E-state index >= 15 is 0 Å². The lowest BCUT2D eigenvalue weighted by atomic mass is 9.72. The van der Waals surface area contributed by atoms with E-state index in [0.717, 1.165) is 11.1 Å². The van der Waals surface area contributed by atoms with E-state index in [0.29, 0.717) is 6.42 Å². The van der Waals surface area contributed by atoms with Crippen LogP contribution in [0, 0.1) is 0 Å². The van der Waals surface area contributed by atoms with Gasteiger partial charge in [-0.15, -0.1) is 0 Å². The molecule has 0 spiro atoms. The maximum atomic E-state index is 14.9. The van der Waals surface area contributed by atoms with E-state index in [9.17, 15) is 18.0 Å². The Hall–Kier alpha value is -2.54. The first-order chi connectivity index (χ1) is 13.1. The Morgan fingerprint density at radius 1 is 1.00 bits per heavy atom. The number of nitrogens with two attached hydrogens (primary N) is 1. The first kappa shape index (κ1) is 20.2. The zero-order valence-corrected chi connectivity index (χ0v) is 15.8. The number of hydrogen-bond donors (Lipinski definition) is 1. The van der Waals surface area contributed by atoms with Crippen LogP contribution in [-0.2, 0) is 23.2 Å². The molecular formula is C21H23F3N2O2. The number of fused-ring (bicyclic) bond motifs is 1. The highest BCUT2D eigenvalue weighted by Gasteiger charge is 2.69. The molecule has 2 N–H and O–H groups in total. The van der Waals surface area contributed by atoms with E-state index in [4.69, 9.17) is 10.5 Å². The minimum atomic E-state index is -4.74. The van der Waals surface area contributed by atoms with Crippen molar-refractivity contribution < 1.29 is 22.7 Å². The Morgan fingerprint density at radius 3 is 2.14 bits per heavy atom. The normalized spacial score (nSPS) is 17.5. The molecular weight excluding hydrogens is 369 g/mol. The molecule has 0 saturated heterocycles. The van der Waals surface area contributed by atoms with Crippen molar-refractivity contribution in [2.75, 3.05) is 6.54 Å². The first-order valence-electron chi connectivity index (χ1n) is 9.02. The van der Waals surface area contributed by atoms with Gasteiger partial charge < -0.3 is 10.5 Å². The Bertz CT molecular complexity index is 852. The Balaban J connectivity index is 2.23. The number of carbonyl (C=O) groups excluding carboxylic acids is 1. The SMILES string of the molecule is CC(C)(OC(N)=O)C(c1ccccc1)(N1CCc2ccccc2C1)C(F)(F)F. The molecule has 1 heterocycles. The van der Waals surface area contributed by atoms with Crippen LogP contribution >= 0.6 is 0 Å². The maximum Gasteiger partial charge on any atom is 0.414 e. The van der Waals surface area contributed by atoms with Gasteiger partial charge >= 0.3 is 12.3 Å². The second-order valence-corrected chi connectivity index (χ2v) is 7.45. The van der Waals surface area contributed by atoms with Gasteiger partial charge in [-0.05, 0) is 37.0 Å². The van der Waals surface area contributed by atoms with Crippen molar-refractivity contribution in [3.63, 3.8) is 0 Å². The Kier molecular flexibility index (Phi) is 5.14. The van der Waals surface area contributed by atoms with E-state index in [1.54, 1.807) is 18.2 Å². The van der Waals surface area contributed by atoms with Crippen molar-refractivity contribution in [1.82, 2.24) is 4.90 Å². The van der Waals surface area contributed by atoms with Gasteiger partial charge in [-0.1, -0.05) is 54.6 Å². The molecule has 0 aromatic heterocycles. The molecule has 2 aromatic carbocycles. The summed E-state index contributed by atoms with van der Waals surface area (Å²) < 4.78 is 49.8. The van der Waals surface area contributed by atoms with Gasteiger partial charge in [-0.3, -0.25) is 4.90 Å². The maximum absolute atomic E-state index is 14.9. The van der Waals surface area contributed by atoms with E-state index in [2.05, 4.69) is 0 Å². The third-order valence-corrected chi connectivity index (χ3v) is 5.43. The van der Waals surface area contributed by atoms with Crippen LogP contribution in [-0.4, -0.2) is 29.3 Å². The van der Waals surface area contributed by atoms with Crippen molar-refractivity contribution in [2.24, 2.45) is 5.73 Å². The third kappa shape index (κ3) is 3.24. The monoisotopic (exact) mass is 392 g/mol. The van der Waals surface area contributed by atoms with Gasteiger partial charge in [0.05, 0.1) is 0 Å². The fourth-order valence-electron chi connectivity index (χ4n) is 4.38. The first-order valence-corrected chi connectivity index (χ1v) is 9.02. The van der Waals surface area contributed by atoms with Gasteiger partial charge in [0.25, 0.3) is 0 Å². The lowest BCUT2D eigenvalue weighted by Crippen LogP contribution is -2.69. The molecule has 0 bridgehead atoms.